The van der Waals surface area contributed by atoms with Crippen LogP contribution in [0, 0.1) is 0 Å². The molecular formula is C15H18ClNO2. The Hall–Kier alpha value is -1.32. The predicted molar refractivity (Wildman–Crippen MR) is 78.2 cm³/mol. The van der Waals surface area contributed by atoms with Crippen molar-refractivity contribution in [2.75, 3.05) is 13.7 Å². The van der Waals surface area contributed by atoms with Gasteiger partial charge in [0.1, 0.15) is 5.15 Å². The van der Waals surface area contributed by atoms with Crippen LogP contribution in [0.25, 0.3) is 10.9 Å². The Morgan fingerprint density at radius 3 is 2.74 bits per heavy atom. The quantitative estimate of drug-likeness (QED) is 0.782. The summed E-state index contributed by atoms with van der Waals surface area (Å²) < 4.78 is 7.11. The number of hydrogen-bond donors (Lipinski definition) is 0. The number of hydrogen-bond acceptors (Lipinski definition) is 2. The van der Waals surface area contributed by atoms with Gasteiger partial charge in [-0.05, 0) is 18.9 Å². The van der Waals surface area contributed by atoms with Gasteiger partial charge >= 0.3 is 0 Å². The number of aryl methyl sites for hydroxylation is 1. The Balaban J connectivity index is 2.77. The second-order valence-corrected chi connectivity index (χ2v) is 4.89. The fourth-order valence-electron chi connectivity index (χ4n) is 2.47. The highest BCUT2D eigenvalue weighted by Gasteiger charge is 2.20. The molecule has 0 fully saturated rings. The third-order valence-electron chi connectivity index (χ3n) is 3.35. The smallest absolute Gasteiger partial charge is 0.163 e. The SMILES string of the molecule is CCc1cccc2c(C(C)=O)c(Cl)n(CCOC)c12. The topological polar surface area (TPSA) is 31.2 Å². The summed E-state index contributed by atoms with van der Waals surface area (Å²) in [6.07, 6.45) is 0.905. The van der Waals surface area contributed by atoms with Gasteiger partial charge in [0.15, 0.2) is 5.78 Å². The first-order valence-electron chi connectivity index (χ1n) is 6.41. The monoisotopic (exact) mass is 279 g/mol. The van der Waals surface area contributed by atoms with E-state index < -0.39 is 0 Å². The van der Waals surface area contributed by atoms with E-state index in [-0.39, 0.29) is 5.78 Å². The summed E-state index contributed by atoms with van der Waals surface area (Å²) in [6, 6.07) is 6.01. The molecule has 0 amide bonds. The number of methoxy groups -OCH3 is 1. The van der Waals surface area contributed by atoms with Gasteiger partial charge in [-0.15, -0.1) is 0 Å². The van der Waals surface area contributed by atoms with Crippen LogP contribution in [-0.4, -0.2) is 24.1 Å². The van der Waals surface area contributed by atoms with Gasteiger partial charge in [0, 0.05) is 19.0 Å². The minimum atomic E-state index is -0.000537. The highest BCUT2D eigenvalue weighted by molar-refractivity contribution is 6.35. The van der Waals surface area contributed by atoms with E-state index in [1.54, 1.807) is 14.0 Å². The lowest BCUT2D eigenvalue weighted by atomic mass is 10.1. The average molecular weight is 280 g/mol. The van der Waals surface area contributed by atoms with E-state index in [2.05, 4.69) is 13.0 Å². The molecule has 0 atom stereocenters. The molecule has 1 aromatic heterocycles. The number of ketones is 1. The number of carbonyl (C=O) groups excluding carboxylic acids is 1. The number of carbonyl (C=O) groups is 1. The Kier molecular flexibility index (Phi) is 4.27. The summed E-state index contributed by atoms with van der Waals surface area (Å²) in [4.78, 5) is 11.8. The molecule has 2 aromatic rings. The first kappa shape index (κ1) is 14.1. The van der Waals surface area contributed by atoms with Gasteiger partial charge in [-0.3, -0.25) is 4.79 Å². The van der Waals surface area contributed by atoms with Crippen molar-refractivity contribution in [3.63, 3.8) is 0 Å². The van der Waals surface area contributed by atoms with Gasteiger partial charge in [0.2, 0.25) is 0 Å². The van der Waals surface area contributed by atoms with Crippen LogP contribution < -0.4 is 0 Å². The molecule has 1 heterocycles. The predicted octanol–water partition coefficient (Wildman–Crippen LogP) is 3.71. The third kappa shape index (κ3) is 2.40. The first-order chi connectivity index (χ1) is 9.11. The number of para-hydroxylation sites is 1. The largest absolute Gasteiger partial charge is 0.383 e. The number of nitrogens with zero attached hydrogens (tertiary/aromatic N) is 1. The Morgan fingerprint density at radius 2 is 2.16 bits per heavy atom. The molecular weight excluding hydrogens is 262 g/mol. The summed E-state index contributed by atoms with van der Waals surface area (Å²) in [7, 11) is 1.66. The summed E-state index contributed by atoms with van der Waals surface area (Å²) >= 11 is 6.40. The second-order valence-electron chi connectivity index (χ2n) is 4.53. The minimum absolute atomic E-state index is 0.000537. The van der Waals surface area contributed by atoms with Crippen LogP contribution in [0.4, 0.5) is 0 Å². The number of ether oxygens (including phenoxy) is 1. The molecule has 0 aliphatic rings. The first-order valence-corrected chi connectivity index (χ1v) is 6.79. The van der Waals surface area contributed by atoms with Crippen molar-refractivity contribution in [2.45, 2.75) is 26.8 Å². The lowest BCUT2D eigenvalue weighted by Gasteiger charge is -2.09. The maximum absolute atomic E-state index is 11.8. The average Bonchev–Trinajstić information content (AvgIpc) is 2.68. The van der Waals surface area contributed by atoms with Crippen LogP contribution in [0.15, 0.2) is 18.2 Å². The van der Waals surface area contributed by atoms with E-state index in [0.29, 0.717) is 23.9 Å². The molecule has 2 rings (SSSR count). The van der Waals surface area contributed by atoms with Gasteiger partial charge in [-0.2, -0.15) is 0 Å². The third-order valence-corrected chi connectivity index (χ3v) is 3.75. The molecule has 3 nitrogen and oxygen atoms in total. The number of aromatic nitrogens is 1. The Labute approximate surface area is 118 Å². The molecule has 0 bridgehead atoms. The molecule has 1 aromatic carbocycles. The van der Waals surface area contributed by atoms with Gasteiger partial charge in [0.05, 0.1) is 17.7 Å². The van der Waals surface area contributed by atoms with Gasteiger partial charge in [-0.25, -0.2) is 0 Å². The fraction of sp³-hybridized carbons (Fsp3) is 0.400. The number of halogens is 1. The lowest BCUT2D eigenvalue weighted by molar-refractivity contribution is 0.101. The highest BCUT2D eigenvalue weighted by Crippen LogP contribution is 2.32. The van der Waals surface area contributed by atoms with Crippen molar-refractivity contribution in [1.29, 1.82) is 0 Å². The Bertz CT molecular complexity index is 616. The standard InChI is InChI=1S/C15H18ClNO2/c1-4-11-6-5-7-12-13(10(2)18)15(16)17(14(11)12)8-9-19-3/h5-7H,4,8-9H2,1-3H3. The van der Waals surface area contributed by atoms with E-state index in [1.807, 2.05) is 16.7 Å². The van der Waals surface area contributed by atoms with Crippen LogP contribution in [0.3, 0.4) is 0 Å². The minimum Gasteiger partial charge on any atom is -0.383 e. The van der Waals surface area contributed by atoms with Crippen molar-refractivity contribution in [1.82, 2.24) is 4.57 Å². The molecule has 0 saturated carbocycles. The number of rotatable bonds is 5. The molecule has 19 heavy (non-hydrogen) atoms. The number of benzene rings is 1. The maximum Gasteiger partial charge on any atom is 0.163 e. The molecule has 0 radical (unpaired) electrons. The molecule has 0 saturated heterocycles. The summed E-state index contributed by atoms with van der Waals surface area (Å²) in [5, 5.41) is 1.45. The zero-order chi connectivity index (χ0) is 14.0. The van der Waals surface area contributed by atoms with Gasteiger partial charge < -0.3 is 9.30 Å². The maximum atomic E-state index is 11.8. The summed E-state index contributed by atoms with van der Waals surface area (Å²) in [6.45, 7) is 4.87. The van der Waals surface area contributed by atoms with Crippen LogP contribution in [0.5, 0.6) is 0 Å². The Morgan fingerprint density at radius 1 is 1.42 bits per heavy atom. The normalized spacial score (nSPS) is 11.2. The van der Waals surface area contributed by atoms with E-state index >= 15 is 0 Å². The highest BCUT2D eigenvalue weighted by atomic mass is 35.5. The summed E-state index contributed by atoms with van der Waals surface area (Å²) in [5.74, 6) is -0.000537. The summed E-state index contributed by atoms with van der Waals surface area (Å²) in [5.41, 5.74) is 2.86. The van der Waals surface area contributed by atoms with E-state index in [4.69, 9.17) is 16.3 Å². The zero-order valence-electron chi connectivity index (χ0n) is 11.5. The van der Waals surface area contributed by atoms with Gasteiger partial charge in [0.25, 0.3) is 0 Å². The molecule has 0 N–H and O–H groups in total. The van der Waals surface area contributed by atoms with Crippen LogP contribution in [-0.2, 0) is 17.7 Å². The van der Waals surface area contributed by atoms with Crippen molar-refractivity contribution in [2.24, 2.45) is 0 Å². The molecule has 4 heteroatoms. The van der Waals surface area contributed by atoms with E-state index in [1.165, 1.54) is 5.56 Å². The van der Waals surface area contributed by atoms with Crippen LogP contribution >= 0.6 is 11.6 Å². The molecule has 0 aliphatic carbocycles. The fourth-order valence-corrected chi connectivity index (χ4v) is 2.87. The van der Waals surface area contributed by atoms with Crippen LogP contribution in [0.2, 0.25) is 5.15 Å². The molecule has 0 unspecified atom stereocenters. The van der Waals surface area contributed by atoms with Crippen molar-refractivity contribution in [3.05, 3.63) is 34.5 Å². The van der Waals surface area contributed by atoms with Gasteiger partial charge in [-0.1, -0.05) is 36.7 Å². The van der Waals surface area contributed by atoms with Crippen molar-refractivity contribution in [3.8, 4) is 0 Å². The van der Waals surface area contributed by atoms with E-state index in [9.17, 15) is 4.79 Å². The molecule has 102 valence electrons. The van der Waals surface area contributed by atoms with E-state index in [0.717, 1.165) is 17.3 Å². The number of fused-ring (bicyclic) bond motifs is 1. The molecule has 0 spiro atoms. The second kappa shape index (κ2) is 5.76. The number of Topliss-reactive ketones (excluding diaryl/α,β-unsaturated/α-hetero) is 1. The lowest BCUT2D eigenvalue weighted by Crippen LogP contribution is -2.05. The van der Waals surface area contributed by atoms with Crippen molar-refractivity contribution >= 4 is 28.3 Å². The zero-order valence-corrected chi connectivity index (χ0v) is 12.3. The van der Waals surface area contributed by atoms with Crippen molar-refractivity contribution < 1.29 is 9.53 Å². The van der Waals surface area contributed by atoms with Crippen LogP contribution in [0.1, 0.15) is 29.8 Å². The molecule has 0 aliphatic heterocycles.